The van der Waals surface area contributed by atoms with Crippen LogP contribution in [0, 0.1) is 6.92 Å². The van der Waals surface area contributed by atoms with E-state index in [0.29, 0.717) is 13.1 Å². The number of carbonyl (C=O) groups is 1. The Labute approximate surface area is 133 Å². The summed E-state index contributed by atoms with van der Waals surface area (Å²) in [5.74, 6) is 0. The standard InChI is InChI=1S/C16H18BrN3O/c1-12-5-4-6-13(11-12)18-9-10-19-16(21)20-15-8-3-2-7-14(15)17/h2-8,11,18H,9-10H2,1H3,(H2,19,20,21). The number of nitrogens with one attached hydrogen (secondary N) is 3. The van der Waals surface area contributed by atoms with Crippen molar-refractivity contribution < 1.29 is 4.79 Å². The molecule has 0 aliphatic heterocycles. The fourth-order valence-corrected chi connectivity index (χ4v) is 2.25. The predicted octanol–water partition coefficient (Wildman–Crippen LogP) is 3.99. The van der Waals surface area contributed by atoms with Crippen molar-refractivity contribution in [3.63, 3.8) is 0 Å². The molecule has 0 heterocycles. The summed E-state index contributed by atoms with van der Waals surface area (Å²) in [5.41, 5.74) is 3.02. The molecule has 0 atom stereocenters. The summed E-state index contributed by atoms with van der Waals surface area (Å²) in [5, 5.41) is 8.87. The first kappa shape index (κ1) is 15.4. The van der Waals surface area contributed by atoms with Crippen LogP contribution in [0.2, 0.25) is 0 Å². The summed E-state index contributed by atoms with van der Waals surface area (Å²) in [4.78, 5) is 11.8. The van der Waals surface area contributed by atoms with E-state index < -0.39 is 0 Å². The zero-order chi connectivity index (χ0) is 15.1. The van der Waals surface area contributed by atoms with Crippen LogP contribution in [0.25, 0.3) is 0 Å². The second-order valence-corrected chi connectivity index (χ2v) is 5.51. The molecule has 0 fully saturated rings. The highest BCUT2D eigenvalue weighted by Crippen LogP contribution is 2.20. The quantitative estimate of drug-likeness (QED) is 0.716. The Balaban J connectivity index is 1.71. The molecule has 0 aromatic heterocycles. The smallest absolute Gasteiger partial charge is 0.319 e. The Morgan fingerprint density at radius 2 is 1.90 bits per heavy atom. The monoisotopic (exact) mass is 347 g/mol. The fraction of sp³-hybridized carbons (Fsp3) is 0.188. The van der Waals surface area contributed by atoms with Gasteiger partial charge in [0.2, 0.25) is 0 Å². The van der Waals surface area contributed by atoms with Crippen LogP contribution in [-0.2, 0) is 0 Å². The molecule has 0 aliphatic rings. The van der Waals surface area contributed by atoms with Gasteiger partial charge in [-0.2, -0.15) is 0 Å². The molecule has 110 valence electrons. The number of urea groups is 1. The number of benzene rings is 2. The summed E-state index contributed by atoms with van der Waals surface area (Å²) in [6.45, 7) is 3.27. The Hall–Kier alpha value is -2.01. The molecule has 2 amide bonds. The van der Waals surface area contributed by atoms with Crippen molar-refractivity contribution in [1.29, 1.82) is 0 Å². The molecule has 0 saturated carbocycles. The third-order valence-corrected chi connectivity index (χ3v) is 3.57. The van der Waals surface area contributed by atoms with E-state index in [4.69, 9.17) is 0 Å². The minimum Gasteiger partial charge on any atom is -0.383 e. The number of amides is 2. The number of para-hydroxylation sites is 1. The molecule has 0 spiro atoms. The molecule has 0 aliphatic carbocycles. The first-order valence-electron chi connectivity index (χ1n) is 6.75. The van der Waals surface area contributed by atoms with E-state index in [9.17, 15) is 4.79 Å². The molecule has 0 saturated heterocycles. The Kier molecular flexibility index (Phi) is 5.63. The van der Waals surface area contributed by atoms with E-state index in [1.165, 1.54) is 5.56 Å². The van der Waals surface area contributed by atoms with Gasteiger partial charge in [0.1, 0.15) is 0 Å². The van der Waals surface area contributed by atoms with Gasteiger partial charge in [-0.1, -0.05) is 24.3 Å². The van der Waals surface area contributed by atoms with Gasteiger partial charge >= 0.3 is 6.03 Å². The van der Waals surface area contributed by atoms with Crippen LogP contribution >= 0.6 is 15.9 Å². The van der Waals surface area contributed by atoms with Gasteiger partial charge in [-0.3, -0.25) is 0 Å². The molecule has 21 heavy (non-hydrogen) atoms. The lowest BCUT2D eigenvalue weighted by Gasteiger charge is -2.10. The summed E-state index contributed by atoms with van der Waals surface area (Å²) >= 11 is 3.39. The summed E-state index contributed by atoms with van der Waals surface area (Å²) in [7, 11) is 0. The third kappa shape index (κ3) is 5.11. The number of carbonyl (C=O) groups excluding carboxylic acids is 1. The van der Waals surface area contributed by atoms with Crippen molar-refractivity contribution in [2.75, 3.05) is 23.7 Å². The topological polar surface area (TPSA) is 53.2 Å². The van der Waals surface area contributed by atoms with Crippen LogP contribution in [0.15, 0.2) is 53.0 Å². The molecular formula is C16H18BrN3O. The second-order valence-electron chi connectivity index (χ2n) is 4.66. The first-order valence-corrected chi connectivity index (χ1v) is 7.54. The van der Waals surface area contributed by atoms with Gasteiger partial charge in [0.05, 0.1) is 5.69 Å². The van der Waals surface area contributed by atoms with Crippen molar-refractivity contribution in [3.05, 3.63) is 58.6 Å². The first-order chi connectivity index (χ1) is 10.1. The van der Waals surface area contributed by atoms with E-state index in [1.807, 2.05) is 36.4 Å². The molecule has 4 nitrogen and oxygen atoms in total. The zero-order valence-electron chi connectivity index (χ0n) is 11.8. The Morgan fingerprint density at radius 1 is 1.10 bits per heavy atom. The number of rotatable bonds is 5. The van der Waals surface area contributed by atoms with Crippen molar-refractivity contribution in [2.24, 2.45) is 0 Å². The van der Waals surface area contributed by atoms with Gasteiger partial charge < -0.3 is 16.0 Å². The average Bonchev–Trinajstić information content (AvgIpc) is 2.46. The molecule has 2 aromatic rings. The molecule has 3 N–H and O–H groups in total. The van der Waals surface area contributed by atoms with Crippen molar-refractivity contribution in [2.45, 2.75) is 6.92 Å². The van der Waals surface area contributed by atoms with Gasteiger partial charge in [-0.15, -0.1) is 0 Å². The van der Waals surface area contributed by atoms with Crippen molar-refractivity contribution in [3.8, 4) is 0 Å². The lowest BCUT2D eigenvalue weighted by molar-refractivity contribution is 0.252. The van der Waals surface area contributed by atoms with Crippen LogP contribution < -0.4 is 16.0 Å². The van der Waals surface area contributed by atoms with Gasteiger partial charge in [-0.25, -0.2) is 4.79 Å². The minimum atomic E-state index is -0.215. The molecular weight excluding hydrogens is 330 g/mol. The van der Waals surface area contributed by atoms with Crippen LogP contribution in [0.5, 0.6) is 0 Å². The number of aryl methyl sites for hydroxylation is 1. The highest BCUT2D eigenvalue weighted by molar-refractivity contribution is 9.10. The molecule has 0 unspecified atom stereocenters. The van der Waals surface area contributed by atoms with E-state index in [2.05, 4.69) is 50.9 Å². The van der Waals surface area contributed by atoms with E-state index >= 15 is 0 Å². The van der Waals surface area contributed by atoms with E-state index in [0.717, 1.165) is 15.8 Å². The molecule has 0 bridgehead atoms. The number of hydrogen-bond acceptors (Lipinski definition) is 2. The predicted molar refractivity (Wildman–Crippen MR) is 90.8 cm³/mol. The van der Waals surface area contributed by atoms with Gasteiger partial charge in [0, 0.05) is 23.2 Å². The zero-order valence-corrected chi connectivity index (χ0v) is 13.4. The number of halogens is 1. The number of hydrogen-bond donors (Lipinski definition) is 3. The molecule has 2 rings (SSSR count). The Morgan fingerprint density at radius 3 is 2.67 bits per heavy atom. The number of anilines is 2. The molecule has 0 radical (unpaired) electrons. The lowest BCUT2D eigenvalue weighted by atomic mass is 10.2. The average molecular weight is 348 g/mol. The maximum atomic E-state index is 11.8. The van der Waals surface area contributed by atoms with Crippen molar-refractivity contribution in [1.82, 2.24) is 5.32 Å². The van der Waals surface area contributed by atoms with Crippen LogP contribution in [-0.4, -0.2) is 19.1 Å². The largest absolute Gasteiger partial charge is 0.383 e. The van der Waals surface area contributed by atoms with Crippen LogP contribution in [0.4, 0.5) is 16.2 Å². The van der Waals surface area contributed by atoms with Crippen LogP contribution in [0.1, 0.15) is 5.56 Å². The summed E-state index contributed by atoms with van der Waals surface area (Å²) < 4.78 is 0.859. The molecule has 2 aromatic carbocycles. The minimum absolute atomic E-state index is 0.215. The van der Waals surface area contributed by atoms with Crippen molar-refractivity contribution >= 4 is 33.3 Å². The summed E-state index contributed by atoms with van der Waals surface area (Å²) in [6.07, 6.45) is 0. The third-order valence-electron chi connectivity index (χ3n) is 2.88. The second kappa shape index (κ2) is 7.69. The highest BCUT2D eigenvalue weighted by Gasteiger charge is 2.03. The highest BCUT2D eigenvalue weighted by atomic mass is 79.9. The normalized spacial score (nSPS) is 10.0. The van der Waals surface area contributed by atoms with E-state index in [1.54, 1.807) is 0 Å². The lowest BCUT2D eigenvalue weighted by Crippen LogP contribution is -2.32. The Bertz CT molecular complexity index is 616. The molecule has 5 heteroatoms. The van der Waals surface area contributed by atoms with Gasteiger partial charge in [-0.05, 0) is 52.7 Å². The van der Waals surface area contributed by atoms with Gasteiger partial charge in [0.25, 0.3) is 0 Å². The summed E-state index contributed by atoms with van der Waals surface area (Å²) in [6, 6.07) is 15.4. The fourth-order valence-electron chi connectivity index (χ4n) is 1.87. The maximum Gasteiger partial charge on any atom is 0.319 e. The SMILES string of the molecule is Cc1cccc(NCCNC(=O)Nc2ccccc2Br)c1. The van der Waals surface area contributed by atoms with Crippen LogP contribution in [0.3, 0.4) is 0 Å². The van der Waals surface area contributed by atoms with E-state index in [-0.39, 0.29) is 6.03 Å². The van der Waals surface area contributed by atoms with Gasteiger partial charge in [0.15, 0.2) is 0 Å². The maximum absolute atomic E-state index is 11.8.